The minimum Gasteiger partial charge on any atom is -0.366 e. The standard InChI is InChI=1S/C17H15N5O/c23-17(14-8-9-15(22-21-14)19-12-6-7-12)20-13-5-1-3-11-4-2-10-18-16(11)13/h1-5,8-10,12H,6-7H2,(H,19,22)(H,20,23). The van der Waals surface area contributed by atoms with Crippen LogP contribution in [0.2, 0.25) is 0 Å². The topological polar surface area (TPSA) is 79.8 Å². The van der Waals surface area contributed by atoms with Crippen LogP contribution in [0.5, 0.6) is 0 Å². The lowest BCUT2D eigenvalue weighted by molar-refractivity contribution is 0.102. The van der Waals surface area contributed by atoms with E-state index in [2.05, 4.69) is 25.8 Å². The number of rotatable bonds is 4. The minimum atomic E-state index is -0.298. The Labute approximate surface area is 133 Å². The van der Waals surface area contributed by atoms with Crippen LogP contribution in [0.15, 0.2) is 48.7 Å². The lowest BCUT2D eigenvalue weighted by Gasteiger charge is -2.08. The van der Waals surface area contributed by atoms with Gasteiger partial charge in [-0.05, 0) is 37.1 Å². The molecule has 1 saturated carbocycles. The number of nitrogens with one attached hydrogen (secondary N) is 2. The highest BCUT2D eigenvalue weighted by Gasteiger charge is 2.21. The molecule has 1 aliphatic carbocycles. The van der Waals surface area contributed by atoms with Gasteiger partial charge in [0, 0.05) is 17.6 Å². The molecular weight excluding hydrogens is 290 g/mol. The first-order valence-electron chi connectivity index (χ1n) is 7.55. The van der Waals surface area contributed by atoms with Crippen LogP contribution in [0, 0.1) is 0 Å². The Morgan fingerprint density at radius 1 is 1.04 bits per heavy atom. The highest BCUT2D eigenvalue weighted by atomic mass is 16.1. The van der Waals surface area contributed by atoms with Gasteiger partial charge in [0.25, 0.3) is 5.91 Å². The Bertz CT molecular complexity index is 853. The van der Waals surface area contributed by atoms with Gasteiger partial charge in [0.05, 0.1) is 11.2 Å². The third-order valence-electron chi connectivity index (χ3n) is 3.71. The second kappa shape index (κ2) is 5.64. The third kappa shape index (κ3) is 2.96. The molecule has 2 heterocycles. The van der Waals surface area contributed by atoms with Crippen molar-refractivity contribution >= 4 is 28.3 Å². The number of pyridine rings is 1. The van der Waals surface area contributed by atoms with Crippen LogP contribution in [-0.4, -0.2) is 27.1 Å². The molecule has 6 heteroatoms. The Hall–Kier alpha value is -3.02. The Morgan fingerprint density at radius 2 is 1.91 bits per heavy atom. The first kappa shape index (κ1) is 13.6. The first-order chi connectivity index (χ1) is 11.3. The summed E-state index contributed by atoms with van der Waals surface area (Å²) in [7, 11) is 0. The molecule has 1 fully saturated rings. The highest BCUT2D eigenvalue weighted by molar-refractivity contribution is 6.07. The molecular formula is C17H15N5O. The molecule has 114 valence electrons. The second-order valence-electron chi connectivity index (χ2n) is 5.56. The van der Waals surface area contributed by atoms with Crippen molar-refractivity contribution in [2.75, 3.05) is 10.6 Å². The predicted molar refractivity (Wildman–Crippen MR) is 88.4 cm³/mol. The predicted octanol–water partition coefficient (Wildman–Crippen LogP) is 2.85. The normalized spacial score (nSPS) is 13.7. The fraction of sp³-hybridized carbons (Fsp3) is 0.176. The Morgan fingerprint density at radius 3 is 2.70 bits per heavy atom. The summed E-state index contributed by atoms with van der Waals surface area (Å²) in [5, 5.41) is 15.1. The van der Waals surface area contributed by atoms with E-state index in [1.165, 1.54) is 0 Å². The van der Waals surface area contributed by atoms with Crippen molar-refractivity contribution in [3.8, 4) is 0 Å². The average molecular weight is 305 g/mol. The van der Waals surface area contributed by atoms with E-state index in [9.17, 15) is 4.79 Å². The number of hydrogen-bond acceptors (Lipinski definition) is 5. The molecule has 0 radical (unpaired) electrons. The zero-order valence-electron chi connectivity index (χ0n) is 12.4. The van der Waals surface area contributed by atoms with Gasteiger partial charge in [-0.15, -0.1) is 10.2 Å². The summed E-state index contributed by atoms with van der Waals surface area (Å²) in [4.78, 5) is 16.7. The van der Waals surface area contributed by atoms with E-state index in [-0.39, 0.29) is 11.6 Å². The fourth-order valence-electron chi connectivity index (χ4n) is 2.36. The molecule has 0 saturated heterocycles. The molecule has 1 aromatic carbocycles. The van der Waals surface area contributed by atoms with Crippen LogP contribution in [0.1, 0.15) is 23.3 Å². The smallest absolute Gasteiger partial charge is 0.276 e. The summed E-state index contributed by atoms with van der Waals surface area (Å²) in [6.45, 7) is 0. The van der Waals surface area contributed by atoms with E-state index in [0.717, 1.165) is 23.7 Å². The van der Waals surface area contributed by atoms with Gasteiger partial charge in [-0.25, -0.2) is 0 Å². The largest absolute Gasteiger partial charge is 0.366 e. The van der Waals surface area contributed by atoms with Crippen molar-refractivity contribution in [3.63, 3.8) is 0 Å². The SMILES string of the molecule is O=C(Nc1cccc2cccnc12)c1ccc(NC2CC2)nn1. The number of amides is 1. The van der Waals surface area contributed by atoms with Gasteiger partial charge in [0.2, 0.25) is 0 Å². The summed E-state index contributed by atoms with van der Waals surface area (Å²) in [6, 6.07) is 13.4. The van der Waals surface area contributed by atoms with E-state index >= 15 is 0 Å². The Balaban J connectivity index is 1.54. The number of hydrogen-bond donors (Lipinski definition) is 2. The molecule has 2 N–H and O–H groups in total. The number of benzene rings is 1. The molecule has 23 heavy (non-hydrogen) atoms. The van der Waals surface area contributed by atoms with Crippen LogP contribution in [0.25, 0.3) is 10.9 Å². The third-order valence-corrected chi connectivity index (χ3v) is 3.71. The minimum absolute atomic E-state index is 0.277. The van der Waals surface area contributed by atoms with Gasteiger partial charge >= 0.3 is 0 Å². The molecule has 6 nitrogen and oxygen atoms in total. The first-order valence-corrected chi connectivity index (χ1v) is 7.55. The van der Waals surface area contributed by atoms with Crippen LogP contribution in [-0.2, 0) is 0 Å². The van der Waals surface area contributed by atoms with Gasteiger partial charge in [0.15, 0.2) is 5.69 Å². The number of nitrogens with zero attached hydrogens (tertiary/aromatic N) is 3. The molecule has 0 bridgehead atoms. The maximum absolute atomic E-state index is 12.3. The fourth-order valence-corrected chi connectivity index (χ4v) is 2.36. The number of para-hydroxylation sites is 1. The molecule has 0 spiro atoms. The summed E-state index contributed by atoms with van der Waals surface area (Å²) in [5.41, 5.74) is 1.69. The lowest BCUT2D eigenvalue weighted by atomic mass is 10.2. The van der Waals surface area contributed by atoms with Gasteiger partial charge in [0.1, 0.15) is 5.82 Å². The summed E-state index contributed by atoms with van der Waals surface area (Å²) in [5.74, 6) is 0.407. The van der Waals surface area contributed by atoms with Crippen molar-refractivity contribution < 1.29 is 4.79 Å². The van der Waals surface area contributed by atoms with Crippen LogP contribution in [0.3, 0.4) is 0 Å². The Kier molecular flexibility index (Phi) is 3.34. The molecule has 1 aliphatic rings. The van der Waals surface area contributed by atoms with E-state index in [1.807, 2.05) is 30.3 Å². The van der Waals surface area contributed by atoms with E-state index in [0.29, 0.717) is 17.5 Å². The van der Waals surface area contributed by atoms with Crippen LogP contribution < -0.4 is 10.6 Å². The van der Waals surface area contributed by atoms with Crippen LogP contribution in [0.4, 0.5) is 11.5 Å². The second-order valence-corrected chi connectivity index (χ2v) is 5.56. The van der Waals surface area contributed by atoms with E-state index in [1.54, 1.807) is 18.3 Å². The number of anilines is 2. The highest BCUT2D eigenvalue weighted by Crippen LogP contribution is 2.23. The summed E-state index contributed by atoms with van der Waals surface area (Å²) < 4.78 is 0. The zero-order chi connectivity index (χ0) is 15.6. The lowest BCUT2D eigenvalue weighted by Crippen LogP contribution is -2.15. The van der Waals surface area contributed by atoms with Crippen molar-refractivity contribution in [1.82, 2.24) is 15.2 Å². The maximum atomic E-state index is 12.3. The van der Waals surface area contributed by atoms with E-state index in [4.69, 9.17) is 0 Å². The molecule has 2 aromatic heterocycles. The zero-order valence-corrected chi connectivity index (χ0v) is 12.4. The average Bonchev–Trinajstić information content (AvgIpc) is 3.40. The molecule has 4 rings (SSSR count). The van der Waals surface area contributed by atoms with Gasteiger partial charge < -0.3 is 10.6 Å². The van der Waals surface area contributed by atoms with Crippen molar-refractivity contribution in [2.24, 2.45) is 0 Å². The van der Waals surface area contributed by atoms with E-state index < -0.39 is 0 Å². The van der Waals surface area contributed by atoms with Gasteiger partial charge in [-0.2, -0.15) is 0 Å². The summed E-state index contributed by atoms with van der Waals surface area (Å²) >= 11 is 0. The molecule has 1 amide bonds. The molecule has 0 atom stereocenters. The van der Waals surface area contributed by atoms with Crippen molar-refractivity contribution in [2.45, 2.75) is 18.9 Å². The quantitative estimate of drug-likeness (QED) is 0.775. The maximum Gasteiger partial charge on any atom is 0.276 e. The number of fused-ring (bicyclic) bond motifs is 1. The van der Waals surface area contributed by atoms with Gasteiger partial charge in [-0.3, -0.25) is 9.78 Å². The number of aromatic nitrogens is 3. The molecule has 0 unspecified atom stereocenters. The van der Waals surface area contributed by atoms with Crippen molar-refractivity contribution in [3.05, 3.63) is 54.4 Å². The van der Waals surface area contributed by atoms with Crippen molar-refractivity contribution in [1.29, 1.82) is 0 Å². The monoisotopic (exact) mass is 305 g/mol. The number of carbonyl (C=O) groups is 1. The van der Waals surface area contributed by atoms with Crippen LogP contribution >= 0.6 is 0 Å². The molecule has 0 aliphatic heterocycles. The molecule has 3 aromatic rings. The number of carbonyl (C=O) groups excluding carboxylic acids is 1. The van der Waals surface area contributed by atoms with Gasteiger partial charge in [-0.1, -0.05) is 18.2 Å². The summed E-state index contributed by atoms with van der Waals surface area (Å²) in [6.07, 6.45) is 4.03.